The largest absolute Gasteiger partial charge is 0.322 e. The summed E-state index contributed by atoms with van der Waals surface area (Å²) in [4.78, 5) is 2.08. The number of aryl methyl sites for hydroxylation is 1. The van der Waals surface area contributed by atoms with Crippen LogP contribution < -0.4 is 4.90 Å². The highest BCUT2D eigenvalue weighted by molar-refractivity contribution is 9.10. The second kappa shape index (κ2) is 6.93. The summed E-state index contributed by atoms with van der Waals surface area (Å²) in [6.45, 7) is 2.80. The molecule has 1 aliphatic rings. The first-order valence-electron chi connectivity index (χ1n) is 8.60. The topological polar surface area (TPSA) is 27.1 Å². The number of hydrogen-bond donors (Lipinski definition) is 1. The van der Waals surface area contributed by atoms with Crippen LogP contribution in [0.15, 0.2) is 77.3 Å². The maximum Gasteiger partial charge on any atom is 0.133 e. The molecule has 0 saturated carbocycles. The third-order valence-electron chi connectivity index (χ3n) is 4.69. The summed E-state index contributed by atoms with van der Waals surface area (Å²) in [5.74, 6) is 0.537. The predicted molar refractivity (Wildman–Crippen MR) is 114 cm³/mol. The minimum absolute atomic E-state index is 0.537. The molecule has 3 heteroatoms. The third-order valence-corrected chi connectivity index (χ3v) is 5.22. The van der Waals surface area contributed by atoms with Crippen molar-refractivity contribution in [3.8, 4) is 0 Å². The molecule has 0 spiro atoms. The molecule has 0 amide bonds. The molecule has 2 nitrogen and oxygen atoms in total. The number of fused-ring (bicyclic) bond motifs is 1. The van der Waals surface area contributed by atoms with E-state index in [0.29, 0.717) is 5.84 Å². The minimum Gasteiger partial charge on any atom is -0.322 e. The fourth-order valence-corrected chi connectivity index (χ4v) is 3.52. The zero-order valence-corrected chi connectivity index (χ0v) is 16.1. The Balaban J connectivity index is 1.82. The summed E-state index contributed by atoms with van der Waals surface area (Å²) in [5, 5.41) is 8.87. The van der Waals surface area contributed by atoms with E-state index in [-0.39, 0.29) is 0 Å². The lowest BCUT2D eigenvalue weighted by atomic mass is 9.92. The lowest BCUT2D eigenvalue weighted by Gasteiger charge is -2.33. The van der Waals surface area contributed by atoms with E-state index in [4.69, 9.17) is 5.41 Å². The van der Waals surface area contributed by atoms with Gasteiger partial charge in [0, 0.05) is 15.7 Å². The van der Waals surface area contributed by atoms with Crippen molar-refractivity contribution in [3.05, 3.63) is 99.5 Å². The van der Waals surface area contributed by atoms with E-state index in [9.17, 15) is 0 Å². The van der Waals surface area contributed by atoms with Gasteiger partial charge in [-0.05, 0) is 54.0 Å². The average molecular weight is 403 g/mol. The molecule has 0 bridgehead atoms. The molecule has 128 valence electrons. The van der Waals surface area contributed by atoms with E-state index in [1.165, 1.54) is 11.1 Å². The van der Waals surface area contributed by atoms with Crippen LogP contribution >= 0.6 is 15.9 Å². The van der Waals surface area contributed by atoms with Crippen molar-refractivity contribution in [2.24, 2.45) is 0 Å². The van der Waals surface area contributed by atoms with Gasteiger partial charge in [-0.15, -0.1) is 0 Å². The van der Waals surface area contributed by atoms with Gasteiger partial charge in [-0.2, -0.15) is 0 Å². The highest BCUT2D eigenvalue weighted by Gasteiger charge is 2.25. The quantitative estimate of drug-likeness (QED) is 0.535. The number of halogens is 1. The Bertz CT molecular complexity index is 985. The van der Waals surface area contributed by atoms with Gasteiger partial charge in [-0.3, -0.25) is 5.41 Å². The van der Waals surface area contributed by atoms with Crippen molar-refractivity contribution in [1.82, 2.24) is 0 Å². The number of hydrogen-bond acceptors (Lipinski definition) is 1. The Morgan fingerprint density at radius 3 is 2.35 bits per heavy atom. The summed E-state index contributed by atoms with van der Waals surface area (Å²) >= 11 is 3.48. The van der Waals surface area contributed by atoms with Crippen LogP contribution in [-0.4, -0.2) is 5.84 Å². The van der Waals surface area contributed by atoms with Gasteiger partial charge in [-0.1, -0.05) is 70.0 Å². The summed E-state index contributed by atoms with van der Waals surface area (Å²) in [5.41, 5.74) is 6.71. The maximum absolute atomic E-state index is 8.87. The standard InChI is InChI=1S/C23H19BrN2/c1-16-6-12-20(13-7-16)26-15-18-4-2-3-5-21(18)22(23(26)25)14-17-8-10-19(24)11-9-17/h2-14,25H,15H2,1H3/b22-14+,25-23?. The molecule has 0 aromatic heterocycles. The molecule has 1 aliphatic heterocycles. The Hall–Kier alpha value is -2.65. The predicted octanol–water partition coefficient (Wildman–Crippen LogP) is 6.30. The zero-order valence-electron chi connectivity index (χ0n) is 14.5. The van der Waals surface area contributed by atoms with E-state index in [2.05, 4.69) is 88.4 Å². The molecule has 3 aromatic rings. The molecule has 0 atom stereocenters. The van der Waals surface area contributed by atoms with Gasteiger partial charge in [0.25, 0.3) is 0 Å². The van der Waals surface area contributed by atoms with Crippen molar-refractivity contribution in [3.63, 3.8) is 0 Å². The number of anilines is 1. The van der Waals surface area contributed by atoms with Crippen LogP contribution in [-0.2, 0) is 6.54 Å². The summed E-state index contributed by atoms with van der Waals surface area (Å²) in [6.07, 6.45) is 2.11. The Kier molecular flexibility index (Phi) is 4.48. The fraction of sp³-hybridized carbons (Fsp3) is 0.0870. The van der Waals surface area contributed by atoms with Crippen LogP contribution in [0.3, 0.4) is 0 Å². The van der Waals surface area contributed by atoms with Crippen LogP contribution in [0.2, 0.25) is 0 Å². The van der Waals surface area contributed by atoms with Gasteiger partial charge >= 0.3 is 0 Å². The molecule has 1 N–H and O–H groups in total. The Labute approximate surface area is 162 Å². The van der Waals surface area contributed by atoms with Crippen LogP contribution in [0.25, 0.3) is 11.6 Å². The monoisotopic (exact) mass is 402 g/mol. The normalized spacial score (nSPS) is 15.2. The molecular formula is C23H19BrN2. The van der Waals surface area contributed by atoms with Crippen LogP contribution in [0.4, 0.5) is 5.69 Å². The average Bonchev–Trinajstić information content (AvgIpc) is 2.66. The van der Waals surface area contributed by atoms with Gasteiger partial charge in [0.05, 0.1) is 6.54 Å². The number of amidine groups is 1. The molecule has 26 heavy (non-hydrogen) atoms. The Morgan fingerprint density at radius 1 is 0.923 bits per heavy atom. The van der Waals surface area contributed by atoms with Crippen LogP contribution in [0.1, 0.15) is 22.3 Å². The number of nitrogens with one attached hydrogen (secondary N) is 1. The van der Waals surface area contributed by atoms with Crippen LogP contribution in [0, 0.1) is 12.3 Å². The molecule has 0 fully saturated rings. The van der Waals surface area contributed by atoms with Gasteiger partial charge < -0.3 is 4.90 Å². The number of nitrogens with zero attached hydrogens (tertiary/aromatic N) is 1. The first-order chi connectivity index (χ1) is 12.6. The number of rotatable bonds is 2. The number of benzene rings is 3. The molecular weight excluding hydrogens is 384 g/mol. The smallest absolute Gasteiger partial charge is 0.133 e. The molecule has 1 heterocycles. The summed E-state index contributed by atoms with van der Waals surface area (Å²) in [7, 11) is 0. The lowest BCUT2D eigenvalue weighted by molar-refractivity contribution is 0.980. The molecule has 0 unspecified atom stereocenters. The van der Waals surface area contributed by atoms with Crippen molar-refractivity contribution in [2.75, 3.05) is 4.90 Å². The fourth-order valence-electron chi connectivity index (χ4n) is 3.26. The van der Waals surface area contributed by atoms with E-state index in [0.717, 1.165) is 33.4 Å². The van der Waals surface area contributed by atoms with Gasteiger partial charge in [-0.25, -0.2) is 0 Å². The van der Waals surface area contributed by atoms with Gasteiger partial charge in [0.1, 0.15) is 5.84 Å². The first-order valence-corrected chi connectivity index (χ1v) is 9.40. The van der Waals surface area contributed by atoms with Gasteiger partial charge in [0.2, 0.25) is 0 Å². The molecule has 0 aliphatic carbocycles. The third kappa shape index (κ3) is 3.23. The van der Waals surface area contributed by atoms with Crippen molar-refractivity contribution >= 4 is 39.1 Å². The van der Waals surface area contributed by atoms with E-state index >= 15 is 0 Å². The molecule has 3 aromatic carbocycles. The van der Waals surface area contributed by atoms with E-state index in [1.807, 2.05) is 18.2 Å². The van der Waals surface area contributed by atoms with E-state index in [1.54, 1.807) is 0 Å². The van der Waals surface area contributed by atoms with Crippen molar-refractivity contribution in [2.45, 2.75) is 13.5 Å². The second-order valence-corrected chi connectivity index (χ2v) is 7.45. The second-order valence-electron chi connectivity index (χ2n) is 6.54. The highest BCUT2D eigenvalue weighted by Crippen LogP contribution is 2.33. The van der Waals surface area contributed by atoms with Crippen molar-refractivity contribution < 1.29 is 0 Å². The minimum atomic E-state index is 0.537. The first kappa shape index (κ1) is 16.8. The van der Waals surface area contributed by atoms with E-state index < -0.39 is 0 Å². The summed E-state index contributed by atoms with van der Waals surface area (Å²) < 4.78 is 1.06. The molecule has 4 rings (SSSR count). The zero-order chi connectivity index (χ0) is 18.1. The molecule has 0 radical (unpaired) electrons. The maximum atomic E-state index is 8.87. The summed E-state index contributed by atoms with van der Waals surface area (Å²) in [6, 6.07) is 25.0. The highest BCUT2D eigenvalue weighted by atomic mass is 79.9. The molecule has 0 saturated heterocycles. The lowest BCUT2D eigenvalue weighted by Crippen LogP contribution is -2.34. The van der Waals surface area contributed by atoms with Crippen LogP contribution in [0.5, 0.6) is 0 Å². The van der Waals surface area contributed by atoms with Crippen molar-refractivity contribution in [1.29, 1.82) is 5.41 Å². The SMILES string of the molecule is Cc1ccc(N2Cc3ccccc3/C(=C\c3ccc(Br)cc3)C2=N)cc1. The Morgan fingerprint density at radius 2 is 1.62 bits per heavy atom. The van der Waals surface area contributed by atoms with Gasteiger partial charge in [0.15, 0.2) is 0 Å².